The molecule has 1 heterocycles. The van der Waals surface area contributed by atoms with Gasteiger partial charge < -0.3 is 4.98 Å². The van der Waals surface area contributed by atoms with Gasteiger partial charge in [0.15, 0.2) is 0 Å². The van der Waals surface area contributed by atoms with Gasteiger partial charge in [-0.3, -0.25) is 0 Å². The molecule has 2 aromatic rings. The van der Waals surface area contributed by atoms with Crippen molar-refractivity contribution in [1.82, 2.24) is 4.98 Å². The van der Waals surface area contributed by atoms with Crippen LogP contribution in [0.4, 0.5) is 0 Å². The number of allylic oxidation sites excluding steroid dienone is 1. The Morgan fingerprint density at radius 1 is 1.43 bits per heavy atom. The van der Waals surface area contributed by atoms with Gasteiger partial charge >= 0.3 is 0 Å². The molecule has 0 aliphatic rings. The molecule has 0 saturated heterocycles. The summed E-state index contributed by atoms with van der Waals surface area (Å²) in [7, 11) is 0. The third-order valence-corrected chi connectivity index (χ3v) is 2.24. The van der Waals surface area contributed by atoms with E-state index in [1.165, 1.54) is 5.39 Å². The van der Waals surface area contributed by atoms with E-state index in [4.69, 9.17) is 5.26 Å². The summed E-state index contributed by atoms with van der Waals surface area (Å²) in [6.45, 7) is 3.68. The van der Waals surface area contributed by atoms with Gasteiger partial charge in [0.1, 0.15) is 0 Å². The molecular formula is C12H10N2. The molecule has 0 spiro atoms. The van der Waals surface area contributed by atoms with Crippen molar-refractivity contribution in [1.29, 1.82) is 5.26 Å². The number of nitriles is 1. The van der Waals surface area contributed by atoms with Crippen LogP contribution >= 0.6 is 0 Å². The molecule has 0 unspecified atom stereocenters. The zero-order chi connectivity index (χ0) is 9.97. The summed E-state index contributed by atoms with van der Waals surface area (Å²) in [4.78, 5) is 3.17. The lowest BCUT2D eigenvalue weighted by molar-refractivity contribution is 1.22. The Morgan fingerprint density at radius 3 is 3.00 bits per heavy atom. The van der Waals surface area contributed by atoms with Gasteiger partial charge in [-0.1, -0.05) is 24.8 Å². The molecule has 2 heteroatoms. The van der Waals surface area contributed by atoms with Crippen LogP contribution in [0.5, 0.6) is 0 Å². The standard InChI is InChI=1S/C12H10N2/c1-9(7-13)6-10-8-14-12-5-3-2-4-11(10)12/h2-5,8,14H,1,6H2. The molecule has 68 valence electrons. The van der Waals surface area contributed by atoms with Gasteiger partial charge in [-0.25, -0.2) is 0 Å². The van der Waals surface area contributed by atoms with E-state index in [-0.39, 0.29) is 0 Å². The Balaban J connectivity index is 2.44. The Kier molecular flexibility index (Phi) is 2.08. The predicted octanol–water partition coefficient (Wildman–Crippen LogP) is 2.79. The quantitative estimate of drug-likeness (QED) is 0.713. The van der Waals surface area contributed by atoms with Crippen molar-refractivity contribution in [2.24, 2.45) is 0 Å². The van der Waals surface area contributed by atoms with Crippen LogP contribution in [0.2, 0.25) is 0 Å². The van der Waals surface area contributed by atoms with E-state index in [2.05, 4.69) is 17.6 Å². The van der Waals surface area contributed by atoms with Gasteiger partial charge in [0, 0.05) is 29.1 Å². The number of fused-ring (bicyclic) bond motifs is 1. The van der Waals surface area contributed by atoms with Crippen molar-refractivity contribution in [3.8, 4) is 6.07 Å². The molecule has 0 aliphatic heterocycles. The smallest absolute Gasteiger partial charge is 0.0944 e. The van der Waals surface area contributed by atoms with Crippen molar-refractivity contribution in [2.45, 2.75) is 6.42 Å². The Hall–Kier alpha value is -2.01. The van der Waals surface area contributed by atoms with Crippen molar-refractivity contribution in [3.63, 3.8) is 0 Å². The number of aromatic nitrogens is 1. The van der Waals surface area contributed by atoms with Crippen LogP contribution in [-0.4, -0.2) is 4.98 Å². The SMILES string of the molecule is C=C(C#N)Cc1c[nH]c2ccccc12. The number of H-pyrrole nitrogens is 1. The van der Waals surface area contributed by atoms with Gasteiger partial charge in [-0.15, -0.1) is 0 Å². The lowest BCUT2D eigenvalue weighted by Crippen LogP contribution is -1.83. The fourth-order valence-electron chi connectivity index (χ4n) is 1.55. The van der Waals surface area contributed by atoms with Crippen LogP contribution in [-0.2, 0) is 6.42 Å². The van der Waals surface area contributed by atoms with Crippen molar-refractivity contribution in [2.75, 3.05) is 0 Å². The Labute approximate surface area is 82.5 Å². The topological polar surface area (TPSA) is 39.6 Å². The fourth-order valence-corrected chi connectivity index (χ4v) is 1.55. The van der Waals surface area contributed by atoms with Gasteiger partial charge in [0.05, 0.1) is 6.07 Å². The van der Waals surface area contributed by atoms with E-state index in [1.807, 2.05) is 30.5 Å². The second-order valence-electron chi connectivity index (χ2n) is 3.25. The summed E-state index contributed by atoms with van der Waals surface area (Å²) < 4.78 is 0. The molecule has 0 radical (unpaired) electrons. The first-order chi connectivity index (χ1) is 6.81. The number of aromatic amines is 1. The highest BCUT2D eigenvalue weighted by molar-refractivity contribution is 5.83. The van der Waals surface area contributed by atoms with Crippen molar-refractivity contribution >= 4 is 10.9 Å². The minimum atomic E-state index is 0.592. The number of nitrogens with one attached hydrogen (secondary N) is 1. The average molecular weight is 182 g/mol. The molecule has 1 aromatic carbocycles. The third-order valence-electron chi connectivity index (χ3n) is 2.24. The minimum Gasteiger partial charge on any atom is -0.361 e. The number of hydrogen-bond acceptors (Lipinski definition) is 1. The highest BCUT2D eigenvalue weighted by atomic mass is 14.7. The molecule has 0 fully saturated rings. The molecule has 1 N–H and O–H groups in total. The van der Waals surface area contributed by atoms with E-state index in [0.717, 1.165) is 11.1 Å². The van der Waals surface area contributed by atoms with Crippen LogP contribution in [0.15, 0.2) is 42.6 Å². The molecule has 14 heavy (non-hydrogen) atoms. The average Bonchev–Trinajstić information content (AvgIpc) is 2.62. The van der Waals surface area contributed by atoms with E-state index >= 15 is 0 Å². The van der Waals surface area contributed by atoms with Gasteiger partial charge in [-0.2, -0.15) is 5.26 Å². The van der Waals surface area contributed by atoms with Crippen LogP contribution in [0.1, 0.15) is 5.56 Å². The number of nitrogens with zero attached hydrogens (tertiary/aromatic N) is 1. The minimum absolute atomic E-state index is 0.592. The number of hydrogen-bond donors (Lipinski definition) is 1. The maximum absolute atomic E-state index is 8.65. The Morgan fingerprint density at radius 2 is 2.21 bits per heavy atom. The summed E-state index contributed by atoms with van der Waals surface area (Å²) in [5.41, 5.74) is 2.83. The first-order valence-electron chi connectivity index (χ1n) is 4.44. The maximum Gasteiger partial charge on any atom is 0.0944 e. The van der Waals surface area contributed by atoms with Crippen LogP contribution < -0.4 is 0 Å². The predicted molar refractivity (Wildman–Crippen MR) is 56.8 cm³/mol. The lowest BCUT2D eigenvalue weighted by atomic mass is 10.1. The van der Waals surface area contributed by atoms with E-state index < -0.39 is 0 Å². The summed E-state index contributed by atoms with van der Waals surface area (Å²) in [5, 5.41) is 9.82. The van der Waals surface area contributed by atoms with Crippen molar-refractivity contribution in [3.05, 3.63) is 48.2 Å². The molecule has 0 aliphatic carbocycles. The molecular weight excluding hydrogens is 172 g/mol. The molecule has 2 nitrogen and oxygen atoms in total. The molecule has 1 aromatic heterocycles. The monoisotopic (exact) mass is 182 g/mol. The van der Waals surface area contributed by atoms with Crippen LogP contribution in [0, 0.1) is 11.3 Å². The molecule has 0 atom stereocenters. The van der Waals surface area contributed by atoms with Gasteiger partial charge in [0.25, 0.3) is 0 Å². The maximum atomic E-state index is 8.65. The van der Waals surface area contributed by atoms with Crippen LogP contribution in [0.3, 0.4) is 0 Å². The van der Waals surface area contributed by atoms with E-state index in [9.17, 15) is 0 Å². The van der Waals surface area contributed by atoms with Gasteiger partial charge in [-0.05, 0) is 11.6 Å². The Bertz CT molecular complexity index is 514. The molecule has 2 rings (SSSR count). The highest BCUT2D eigenvalue weighted by Crippen LogP contribution is 2.19. The molecule has 0 amide bonds. The normalized spacial score (nSPS) is 9.93. The fraction of sp³-hybridized carbons (Fsp3) is 0.0833. The first-order valence-corrected chi connectivity index (χ1v) is 4.44. The number of benzene rings is 1. The largest absolute Gasteiger partial charge is 0.361 e. The van der Waals surface area contributed by atoms with E-state index in [1.54, 1.807) is 0 Å². The summed E-state index contributed by atoms with van der Waals surface area (Å²) in [6, 6.07) is 10.1. The summed E-state index contributed by atoms with van der Waals surface area (Å²) in [6.07, 6.45) is 2.56. The third kappa shape index (κ3) is 1.40. The zero-order valence-corrected chi connectivity index (χ0v) is 7.75. The molecule has 0 bridgehead atoms. The summed E-state index contributed by atoms with van der Waals surface area (Å²) >= 11 is 0. The zero-order valence-electron chi connectivity index (χ0n) is 7.75. The van der Waals surface area contributed by atoms with Crippen molar-refractivity contribution < 1.29 is 0 Å². The lowest BCUT2D eigenvalue weighted by Gasteiger charge is -1.95. The van der Waals surface area contributed by atoms with E-state index in [0.29, 0.717) is 12.0 Å². The summed E-state index contributed by atoms with van der Waals surface area (Å²) in [5.74, 6) is 0. The highest BCUT2D eigenvalue weighted by Gasteiger charge is 2.03. The molecule has 0 saturated carbocycles. The second-order valence-corrected chi connectivity index (χ2v) is 3.25. The second kappa shape index (κ2) is 3.39. The van der Waals surface area contributed by atoms with Gasteiger partial charge in [0.2, 0.25) is 0 Å². The number of para-hydroxylation sites is 1. The number of rotatable bonds is 2. The van der Waals surface area contributed by atoms with Crippen LogP contribution in [0.25, 0.3) is 10.9 Å². The first kappa shape index (κ1) is 8.58.